The summed E-state index contributed by atoms with van der Waals surface area (Å²) in [5.41, 5.74) is 0.758. The number of thioether (sulfide) groups is 1. The zero-order chi connectivity index (χ0) is 13.7. The molecular weight excluding hydrogens is 274 g/mol. The van der Waals surface area contributed by atoms with Crippen molar-refractivity contribution in [3.8, 4) is 0 Å². The highest BCUT2D eigenvalue weighted by Crippen LogP contribution is 2.29. The number of methoxy groups -OCH3 is 1. The Labute approximate surface area is 115 Å². The van der Waals surface area contributed by atoms with Gasteiger partial charge in [-0.1, -0.05) is 17.7 Å². The van der Waals surface area contributed by atoms with Gasteiger partial charge in [-0.05, 0) is 29.5 Å². The Balaban J connectivity index is 2.80. The van der Waals surface area contributed by atoms with Crippen molar-refractivity contribution in [2.45, 2.75) is 11.3 Å². The number of rotatable bonds is 3. The summed E-state index contributed by atoms with van der Waals surface area (Å²) in [6, 6.07) is 5.16. The molecule has 0 aliphatic rings. The Kier molecular flexibility index (Phi) is 5.50. The Morgan fingerprint density at radius 1 is 1.39 bits per heavy atom. The van der Waals surface area contributed by atoms with Gasteiger partial charge in [-0.15, -0.1) is 0 Å². The molecule has 0 saturated carbocycles. The fourth-order valence-corrected chi connectivity index (χ4v) is 2.14. The fraction of sp³-hybridized carbons (Fsp3) is 0.333. The molecule has 0 spiro atoms. The van der Waals surface area contributed by atoms with Crippen LogP contribution >= 0.6 is 23.4 Å². The molecule has 0 aliphatic carbocycles. The van der Waals surface area contributed by atoms with Crippen molar-refractivity contribution in [3.63, 3.8) is 0 Å². The van der Waals surface area contributed by atoms with Crippen LogP contribution in [-0.2, 0) is 16.0 Å². The number of carbonyl (C=O) groups excluding carboxylic acids is 2. The second-order valence-electron chi connectivity index (χ2n) is 3.78. The number of benzene rings is 1. The van der Waals surface area contributed by atoms with Crippen LogP contribution in [0.3, 0.4) is 0 Å². The van der Waals surface area contributed by atoms with E-state index < -0.39 is 0 Å². The van der Waals surface area contributed by atoms with E-state index in [9.17, 15) is 9.59 Å². The van der Waals surface area contributed by atoms with Crippen LogP contribution in [0.25, 0.3) is 0 Å². The molecule has 0 unspecified atom stereocenters. The second-order valence-corrected chi connectivity index (χ2v) is 5.18. The molecule has 1 amide bonds. The molecule has 0 aliphatic heterocycles. The standard InChI is InChI=1S/C12H14ClNO3S/c1-14(2)12(16)18-10-5-4-8(6-9(10)13)7-11(15)17-3/h4-6H,7H2,1-3H3. The highest BCUT2D eigenvalue weighted by molar-refractivity contribution is 8.13. The predicted octanol–water partition coefficient (Wildman–Crippen LogP) is 2.83. The molecule has 1 rings (SSSR count). The van der Waals surface area contributed by atoms with E-state index in [2.05, 4.69) is 4.74 Å². The summed E-state index contributed by atoms with van der Waals surface area (Å²) in [7, 11) is 4.69. The first-order chi connectivity index (χ1) is 8.43. The van der Waals surface area contributed by atoms with Gasteiger partial charge in [-0.2, -0.15) is 0 Å². The van der Waals surface area contributed by atoms with Crippen LogP contribution in [0, 0.1) is 0 Å². The van der Waals surface area contributed by atoms with Gasteiger partial charge in [0.15, 0.2) is 0 Å². The van der Waals surface area contributed by atoms with Crippen LogP contribution in [0.4, 0.5) is 4.79 Å². The van der Waals surface area contributed by atoms with E-state index in [1.807, 2.05) is 0 Å². The van der Waals surface area contributed by atoms with Crippen LogP contribution in [-0.4, -0.2) is 37.3 Å². The largest absolute Gasteiger partial charge is 0.469 e. The molecule has 1 aromatic carbocycles. The van der Waals surface area contributed by atoms with Crippen molar-refractivity contribution < 1.29 is 14.3 Å². The average molecular weight is 288 g/mol. The third kappa shape index (κ3) is 4.23. The van der Waals surface area contributed by atoms with Crippen molar-refractivity contribution in [2.75, 3.05) is 21.2 Å². The van der Waals surface area contributed by atoms with Crippen molar-refractivity contribution in [1.29, 1.82) is 0 Å². The first-order valence-corrected chi connectivity index (χ1v) is 6.38. The lowest BCUT2D eigenvalue weighted by Crippen LogP contribution is -2.16. The first-order valence-electron chi connectivity index (χ1n) is 5.18. The van der Waals surface area contributed by atoms with Crippen molar-refractivity contribution in [1.82, 2.24) is 4.90 Å². The van der Waals surface area contributed by atoms with Gasteiger partial charge in [0.05, 0.1) is 18.6 Å². The molecule has 6 heteroatoms. The lowest BCUT2D eigenvalue weighted by atomic mass is 10.1. The lowest BCUT2D eigenvalue weighted by Gasteiger charge is -2.10. The summed E-state index contributed by atoms with van der Waals surface area (Å²) in [5, 5.41) is 0.356. The molecule has 4 nitrogen and oxygen atoms in total. The lowest BCUT2D eigenvalue weighted by molar-refractivity contribution is -0.139. The molecule has 0 heterocycles. The van der Waals surface area contributed by atoms with Gasteiger partial charge < -0.3 is 9.64 Å². The number of esters is 1. The van der Waals surface area contributed by atoms with Gasteiger partial charge in [0, 0.05) is 19.0 Å². The molecule has 0 atom stereocenters. The normalized spacial score (nSPS) is 10.0. The number of amides is 1. The number of hydrogen-bond acceptors (Lipinski definition) is 4. The summed E-state index contributed by atoms with van der Waals surface area (Å²) < 4.78 is 4.57. The van der Waals surface area contributed by atoms with Gasteiger partial charge in [-0.3, -0.25) is 9.59 Å². The summed E-state index contributed by atoms with van der Waals surface area (Å²) in [6.45, 7) is 0. The molecule has 0 radical (unpaired) electrons. The van der Waals surface area contributed by atoms with Crippen molar-refractivity contribution in [2.24, 2.45) is 0 Å². The molecule has 18 heavy (non-hydrogen) atoms. The smallest absolute Gasteiger partial charge is 0.309 e. The molecule has 0 bridgehead atoms. The van der Waals surface area contributed by atoms with E-state index in [1.54, 1.807) is 32.3 Å². The topological polar surface area (TPSA) is 46.6 Å². The zero-order valence-electron chi connectivity index (χ0n) is 10.4. The Morgan fingerprint density at radius 3 is 2.56 bits per heavy atom. The maximum Gasteiger partial charge on any atom is 0.309 e. The van der Waals surface area contributed by atoms with E-state index in [1.165, 1.54) is 12.0 Å². The first kappa shape index (κ1) is 14.9. The van der Waals surface area contributed by atoms with E-state index >= 15 is 0 Å². The van der Waals surface area contributed by atoms with Gasteiger partial charge in [0.1, 0.15) is 0 Å². The van der Waals surface area contributed by atoms with Crippen LogP contribution < -0.4 is 0 Å². The van der Waals surface area contributed by atoms with Gasteiger partial charge >= 0.3 is 5.97 Å². The minimum Gasteiger partial charge on any atom is -0.469 e. The number of nitrogens with zero attached hydrogens (tertiary/aromatic N) is 1. The molecular formula is C12H14ClNO3S. The number of halogens is 1. The number of ether oxygens (including phenoxy) is 1. The van der Waals surface area contributed by atoms with Crippen molar-refractivity contribution >= 4 is 34.6 Å². The van der Waals surface area contributed by atoms with Crippen LogP contribution in [0.2, 0.25) is 5.02 Å². The van der Waals surface area contributed by atoms with Crippen molar-refractivity contribution in [3.05, 3.63) is 28.8 Å². The molecule has 0 fully saturated rings. The van der Waals surface area contributed by atoms with Gasteiger partial charge in [0.2, 0.25) is 0 Å². The quantitative estimate of drug-likeness (QED) is 0.633. The molecule has 0 N–H and O–H groups in total. The van der Waals surface area contributed by atoms with Crippen LogP contribution in [0.5, 0.6) is 0 Å². The summed E-state index contributed by atoms with van der Waals surface area (Å²) in [4.78, 5) is 24.8. The third-order valence-corrected chi connectivity index (χ3v) is 3.68. The molecule has 1 aromatic rings. The Bertz CT molecular complexity index is 463. The van der Waals surface area contributed by atoms with Gasteiger partial charge in [0.25, 0.3) is 5.24 Å². The third-order valence-electron chi connectivity index (χ3n) is 2.13. The molecule has 0 aromatic heterocycles. The zero-order valence-corrected chi connectivity index (χ0v) is 12.0. The minimum atomic E-state index is -0.323. The van der Waals surface area contributed by atoms with E-state index in [4.69, 9.17) is 11.6 Å². The van der Waals surface area contributed by atoms with Crippen LogP contribution in [0.1, 0.15) is 5.56 Å². The maximum absolute atomic E-state index is 11.5. The van der Waals surface area contributed by atoms with E-state index in [0.717, 1.165) is 17.3 Å². The van der Waals surface area contributed by atoms with E-state index in [0.29, 0.717) is 9.92 Å². The highest BCUT2D eigenvalue weighted by atomic mass is 35.5. The van der Waals surface area contributed by atoms with E-state index in [-0.39, 0.29) is 17.6 Å². The maximum atomic E-state index is 11.5. The number of carbonyl (C=O) groups is 2. The Hall–Kier alpha value is -1.20. The summed E-state index contributed by atoms with van der Waals surface area (Å²) >= 11 is 7.11. The summed E-state index contributed by atoms with van der Waals surface area (Å²) in [5.74, 6) is -0.323. The number of hydrogen-bond donors (Lipinski definition) is 0. The molecule has 98 valence electrons. The minimum absolute atomic E-state index is 0.0994. The Morgan fingerprint density at radius 2 is 2.06 bits per heavy atom. The SMILES string of the molecule is COC(=O)Cc1ccc(SC(=O)N(C)C)c(Cl)c1. The summed E-state index contributed by atoms with van der Waals surface area (Å²) in [6.07, 6.45) is 0.169. The predicted molar refractivity (Wildman–Crippen MR) is 72.1 cm³/mol. The molecule has 0 saturated heterocycles. The highest BCUT2D eigenvalue weighted by Gasteiger charge is 2.11. The second kappa shape index (κ2) is 6.66. The average Bonchev–Trinajstić information content (AvgIpc) is 2.32. The fourth-order valence-electron chi connectivity index (χ4n) is 1.16. The van der Waals surface area contributed by atoms with Crippen LogP contribution in [0.15, 0.2) is 23.1 Å². The van der Waals surface area contributed by atoms with Gasteiger partial charge in [-0.25, -0.2) is 0 Å². The monoisotopic (exact) mass is 287 g/mol.